The van der Waals surface area contributed by atoms with E-state index in [2.05, 4.69) is 32.6 Å². The van der Waals surface area contributed by atoms with E-state index in [0.29, 0.717) is 5.41 Å². The highest BCUT2D eigenvalue weighted by atomic mass is 16.5. The van der Waals surface area contributed by atoms with E-state index in [1.54, 1.807) is 0 Å². The van der Waals surface area contributed by atoms with Gasteiger partial charge in [-0.05, 0) is 57.5 Å². The van der Waals surface area contributed by atoms with Crippen molar-refractivity contribution in [1.82, 2.24) is 4.90 Å². The predicted octanol–water partition coefficient (Wildman–Crippen LogP) is 2.79. The highest BCUT2D eigenvalue weighted by molar-refractivity contribution is 5.02. The molecule has 2 N–H and O–H groups in total. The number of piperidine rings is 1. The van der Waals surface area contributed by atoms with Gasteiger partial charge in [-0.1, -0.05) is 20.8 Å². The van der Waals surface area contributed by atoms with Gasteiger partial charge in [-0.25, -0.2) is 0 Å². The zero-order valence-electron chi connectivity index (χ0n) is 13.3. The van der Waals surface area contributed by atoms with Crippen LogP contribution in [-0.4, -0.2) is 42.3 Å². The Hall–Kier alpha value is -0.120. The molecule has 0 aromatic rings. The summed E-state index contributed by atoms with van der Waals surface area (Å²) in [7, 11) is 0. The van der Waals surface area contributed by atoms with Gasteiger partial charge in [0.15, 0.2) is 0 Å². The molecule has 2 rings (SSSR count). The number of rotatable bonds is 3. The minimum Gasteiger partial charge on any atom is -0.375 e. The lowest BCUT2D eigenvalue weighted by Gasteiger charge is -2.54. The zero-order chi connectivity index (χ0) is 14.1. The monoisotopic (exact) mass is 268 g/mol. The number of nitrogens with two attached hydrogens (primary N) is 1. The quantitative estimate of drug-likeness (QED) is 0.855. The molecular formula is C16H32N2O. The summed E-state index contributed by atoms with van der Waals surface area (Å²) in [5, 5.41) is 0. The maximum absolute atomic E-state index is 6.22. The summed E-state index contributed by atoms with van der Waals surface area (Å²) in [6.45, 7) is 13.3. The van der Waals surface area contributed by atoms with Gasteiger partial charge in [0.2, 0.25) is 0 Å². The van der Waals surface area contributed by atoms with Crippen molar-refractivity contribution in [3.8, 4) is 0 Å². The molecule has 0 aromatic heterocycles. The van der Waals surface area contributed by atoms with Crippen LogP contribution in [0.2, 0.25) is 0 Å². The maximum Gasteiger partial charge on any atom is 0.0670 e. The molecule has 2 aliphatic rings. The third-order valence-corrected chi connectivity index (χ3v) is 5.64. The van der Waals surface area contributed by atoms with Gasteiger partial charge < -0.3 is 10.5 Å². The van der Waals surface area contributed by atoms with E-state index >= 15 is 0 Å². The van der Waals surface area contributed by atoms with E-state index in [1.807, 2.05) is 0 Å². The molecule has 2 unspecified atom stereocenters. The number of hydrogen-bond acceptors (Lipinski definition) is 3. The van der Waals surface area contributed by atoms with Crippen LogP contribution in [0.1, 0.15) is 59.8 Å². The second kappa shape index (κ2) is 5.34. The highest BCUT2D eigenvalue weighted by Crippen LogP contribution is 2.41. The topological polar surface area (TPSA) is 38.5 Å². The number of hydrogen-bond donors (Lipinski definition) is 1. The molecule has 0 radical (unpaired) electrons. The van der Waals surface area contributed by atoms with Gasteiger partial charge in [0.1, 0.15) is 0 Å². The van der Waals surface area contributed by atoms with E-state index in [-0.39, 0.29) is 11.1 Å². The Kier molecular flexibility index (Phi) is 4.29. The van der Waals surface area contributed by atoms with Gasteiger partial charge in [-0.2, -0.15) is 0 Å². The Morgan fingerprint density at radius 1 is 1.11 bits per heavy atom. The molecule has 0 aromatic carbocycles. The average Bonchev–Trinajstić information content (AvgIpc) is 2.38. The number of nitrogens with zero attached hydrogens (tertiary/aromatic N) is 1. The minimum absolute atomic E-state index is 0.0184. The van der Waals surface area contributed by atoms with E-state index in [4.69, 9.17) is 10.5 Å². The molecular weight excluding hydrogens is 236 g/mol. The third-order valence-electron chi connectivity index (χ3n) is 5.64. The van der Waals surface area contributed by atoms with Crippen molar-refractivity contribution in [2.24, 2.45) is 11.1 Å². The zero-order valence-corrected chi connectivity index (χ0v) is 13.3. The largest absolute Gasteiger partial charge is 0.375 e. The molecule has 19 heavy (non-hydrogen) atoms. The molecule has 2 heterocycles. The van der Waals surface area contributed by atoms with Gasteiger partial charge in [-0.15, -0.1) is 0 Å². The van der Waals surface area contributed by atoms with Crippen molar-refractivity contribution >= 4 is 0 Å². The molecule has 2 atom stereocenters. The SMILES string of the molecule is CCC1(C)CC(CN)(N2CCC(C)(C)CC2)CCO1. The van der Waals surface area contributed by atoms with Crippen molar-refractivity contribution in [3.05, 3.63) is 0 Å². The van der Waals surface area contributed by atoms with E-state index in [1.165, 1.54) is 25.9 Å². The molecule has 2 aliphatic heterocycles. The Morgan fingerprint density at radius 2 is 1.74 bits per heavy atom. The molecule has 112 valence electrons. The van der Waals surface area contributed by atoms with Gasteiger partial charge in [0, 0.05) is 18.7 Å². The first kappa shape index (κ1) is 15.3. The van der Waals surface area contributed by atoms with Crippen LogP contribution < -0.4 is 5.73 Å². The first-order valence-electron chi connectivity index (χ1n) is 7.94. The molecule has 2 fully saturated rings. The summed E-state index contributed by atoms with van der Waals surface area (Å²) in [5.74, 6) is 0. The van der Waals surface area contributed by atoms with Crippen LogP contribution in [0.15, 0.2) is 0 Å². The second-order valence-corrected chi connectivity index (χ2v) is 7.66. The van der Waals surface area contributed by atoms with E-state index in [0.717, 1.165) is 32.4 Å². The average molecular weight is 268 g/mol. The van der Waals surface area contributed by atoms with Crippen molar-refractivity contribution in [3.63, 3.8) is 0 Å². The van der Waals surface area contributed by atoms with Crippen molar-refractivity contribution in [1.29, 1.82) is 0 Å². The third kappa shape index (κ3) is 3.14. The molecule has 3 nitrogen and oxygen atoms in total. The van der Waals surface area contributed by atoms with Crippen LogP contribution in [0.25, 0.3) is 0 Å². The van der Waals surface area contributed by atoms with Gasteiger partial charge in [0.25, 0.3) is 0 Å². The molecule has 0 saturated carbocycles. The van der Waals surface area contributed by atoms with E-state index in [9.17, 15) is 0 Å². The van der Waals surface area contributed by atoms with E-state index < -0.39 is 0 Å². The smallest absolute Gasteiger partial charge is 0.0670 e. The first-order chi connectivity index (χ1) is 8.85. The molecule has 0 bridgehead atoms. The Morgan fingerprint density at radius 3 is 2.26 bits per heavy atom. The van der Waals surface area contributed by atoms with Crippen LogP contribution in [0.5, 0.6) is 0 Å². The van der Waals surface area contributed by atoms with Crippen molar-refractivity contribution in [2.75, 3.05) is 26.2 Å². The van der Waals surface area contributed by atoms with Crippen molar-refractivity contribution in [2.45, 2.75) is 70.9 Å². The summed E-state index contributed by atoms with van der Waals surface area (Å²) < 4.78 is 6.02. The molecule has 0 spiro atoms. The van der Waals surface area contributed by atoms with Gasteiger partial charge in [0.05, 0.1) is 5.60 Å². The fraction of sp³-hybridized carbons (Fsp3) is 1.00. The predicted molar refractivity (Wildman–Crippen MR) is 80.3 cm³/mol. The Balaban J connectivity index is 2.10. The number of likely N-dealkylation sites (tertiary alicyclic amines) is 1. The van der Waals surface area contributed by atoms with Crippen LogP contribution >= 0.6 is 0 Å². The summed E-state index contributed by atoms with van der Waals surface area (Å²) in [6.07, 6.45) is 5.85. The van der Waals surface area contributed by atoms with Crippen LogP contribution in [0, 0.1) is 5.41 Å². The summed E-state index contributed by atoms with van der Waals surface area (Å²) in [4.78, 5) is 2.68. The minimum atomic E-state index is 0.0184. The molecule has 2 saturated heterocycles. The Bertz CT molecular complexity index is 308. The van der Waals surface area contributed by atoms with Crippen LogP contribution in [-0.2, 0) is 4.74 Å². The fourth-order valence-corrected chi connectivity index (χ4v) is 3.71. The lowest BCUT2D eigenvalue weighted by atomic mass is 9.75. The van der Waals surface area contributed by atoms with Crippen LogP contribution in [0.3, 0.4) is 0 Å². The molecule has 0 aliphatic carbocycles. The lowest BCUT2D eigenvalue weighted by Crippen LogP contribution is -2.62. The summed E-state index contributed by atoms with van der Waals surface area (Å²) in [6, 6.07) is 0. The van der Waals surface area contributed by atoms with Gasteiger partial charge >= 0.3 is 0 Å². The first-order valence-corrected chi connectivity index (χ1v) is 7.94. The maximum atomic E-state index is 6.22. The van der Waals surface area contributed by atoms with Crippen molar-refractivity contribution < 1.29 is 4.74 Å². The van der Waals surface area contributed by atoms with Gasteiger partial charge in [-0.3, -0.25) is 4.90 Å². The second-order valence-electron chi connectivity index (χ2n) is 7.66. The lowest BCUT2D eigenvalue weighted by molar-refractivity contribution is -0.135. The van der Waals surface area contributed by atoms with Crippen LogP contribution in [0.4, 0.5) is 0 Å². The Labute approximate surface area is 118 Å². The summed E-state index contributed by atoms with van der Waals surface area (Å²) >= 11 is 0. The normalized spacial score (nSPS) is 40.3. The number of ether oxygens (including phenoxy) is 1. The summed E-state index contributed by atoms with van der Waals surface area (Å²) in [5.41, 5.74) is 6.92. The standard InChI is InChI=1S/C16H32N2O/c1-5-15(4)12-16(13-17,8-11-19-15)18-9-6-14(2,3)7-10-18/h5-13,17H2,1-4H3. The highest BCUT2D eigenvalue weighted by Gasteiger charge is 2.46. The molecule has 3 heteroatoms. The fourth-order valence-electron chi connectivity index (χ4n) is 3.71. The molecule has 0 amide bonds.